The highest BCUT2D eigenvalue weighted by molar-refractivity contribution is 6.02. The maximum Gasteiger partial charge on any atom is 0.291 e. The molecule has 0 radical (unpaired) electrons. The number of carbonyl (C=O) groups is 1. The second-order valence-corrected chi connectivity index (χ2v) is 6.16. The predicted octanol–water partition coefficient (Wildman–Crippen LogP) is 3.00. The number of anilines is 1. The van der Waals surface area contributed by atoms with Gasteiger partial charge in [0.25, 0.3) is 5.91 Å². The van der Waals surface area contributed by atoms with Gasteiger partial charge >= 0.3 is 0 Å². The topological polar surface area (TPSA) is 105 Å². The Hall–Kier alpha value is -3.55. The third-order valence-corrected chi connectivity index (χ3v) is 4.12. The van der Waals surface area contributed by atoms with E-state index < -0.39 is 0 Å². The summed E-state index contributed by atoms with van der Waals surface area (Å²) >= 11 is 0. The van der Waals surface area contributed by atoms with Crippen molar-refractivity contribution >= 4 is 17.6 Å². The van der Waals surface area contributed by atoms with E-state index in [-0.39, 0.29) is 11.7 Å². The molecule has 2 heterocycles. The second kappa shape index (κ2) is 8.90. The van der Waals surface area contributed by atoms with Crippen LogP contribution in [-0.4, -0.2) is 23.9 Å². The molecule has 146 valence electrons. The molecule has 0 saturated carbocycles. The molecule has 0 aliphatic rings. The number of carbonyl (C=O) groups excluding carboxylic acids is 1. The lowest BCUT2D eigenvalue weighted by atomic mass is 10.2. The van der Waals surface area contributed by atoms with Gasteiger partial charge in [-0.3, -0.25) is 9.79 Å². The molecule has 0 unspecified atom stereocenters. The Balaban J connectivity index is 1.48. The van der Waals surface area contributed by atoms with Crippen molar-refractivity contribution in [3.8, 4) is 0 Å². The van der Waals surface area contributed by atoms with Gasteiger partial charge in [-0.2, -0.15) is 0 Å². The van der Waals surface area contributed by atoms with E-state index in [4.69, 9.17) is 8.83 Å². The fraction of sp³-hybridized carbons (Fsp3) is 0.250. The number of furan rings is 1. The molecule has 0 saturated heterocycles. The van der Waals surface area contributed by atoms with Crippen molar-refractivity contribution in [1.29, 1.82) is 0 Å². The Morgan fingerprint density at radius 2 is 1.86 bits per heavy atom. The van der Waals surface area contributed by atoms with Gasteiger partial charge in [-0.05, 0) is 43.7 Å². The number of nitrogens with one attached hydrogen (secondary N) is 3. The van der Waals surface area contributed by atoms with E-state index in [1.807, 2.05) is 38.1 Å². The SMILES string of the molecule is CN=C(NCc1ccc(NC(=O)c2ccco2)cc1)NCc1nc(C)c(C)o1. The van der Waals surface area contributed by atoms with Gasteiger partial charge in [0.1, 0.15) is 5.76 Å². The van der Waals surface area contributed by atoms with Crippen LogP contribution in [0.5, 0.6) is 0 Å². The number of amides is 1. The van der Waals surface area contributed by atoms with Gasteiger partial charge in [0, 0.05) is 19.3 Å². The maximum absolute atomic E-state index is 12.0. The number of rotatable bonds is 6. The average molecular weight is 381 g/mol. The third kappa shape index (κ3) is 5.00. The van der Waals surface area contributed by atoms with Crippen molar-refractivity contribution in [3.05, 3.63) is 71.3 Å². The number of aromatic nitrogens is 1. The lowest BCUT2D eigenvalue weighted by molar-refractivity contribution is 0.0996. The molecule has 1 aromatic carbocycles. The minimum atomic E-state index is -0.280. The summed E-state index contributed by atoms with van der Waals surface area (Å²) in [6.07, 6.45) is 1.47. The number of hydrogen-bond acceptors (Lipinski definition) is 5. The molecule has 0 atom stereocenters. The van der Waals surface area contributed by atoms with E-state index >= 15 is 0 Å². The summed E-state index contributed by atoms with van der Waals surface area (Å²) in [6, 6.07) is 10.8. The minimum absolute atomic E-state index is 0.275. The highest BCUT2D eigenvalue weighted by Gasteiger charge is 2.09. The lowest BCUT2D eigenvalue weighted by Gasteiger charge is -2.11. The van der Waals surface area contributed by atoms with Crippen LogP contribution in [0.3, 0.4) is 0 Å². The summed E-state index contributed by atoms with van der Waals surface area (Å²) in [5.74, 6) is 2.08. The highest BCUT2D eigenvalue weighted by Crippen LogP contribution is 2.12. The maximum atomic E-state index is 12.0. The van der Waals surface area contributed by atoms with Gasteiger partial charge in [-0.1, -0.05) is 12.1 Å². The normalized spacial score (nSPS) is 11.3. The molecule has 1 amide bonds. The largest absolute Gasteiger partial charge is 0.459 e. The van der Waals surface area contributed by atoms with Crippen molar-refractivity contribution in [3.63, 3.8) is 0 Å². The van der Waals surface area contributed by atoms with Gasteiger partial charge < -0.3 is 24.8 Å². The Morgan fingerprint density at radius 3 is 2.46 bits per heavy atom. The molecule has 0 spiro atoms. The van der Waals surface area contributed by atoms with Crippen LogP contribution in [0.4, 0.5) is 5.69 Å². The Labute approximate surface area is 163 Å². The zero-order chi connectivity index (χ0) is 19.9. The van der Waals surface area contributed by atoms with Crippen LogP contribution in [-0.2, 0) is 13.1 Å². The van der Waals surface area contributed by atoms with Crippen molar-refractivity contribution in [2.75, 3.05) is 12.4 Å². The molecule has 0 aliphatic carbocycles. The van der Waals surface area contributed by atoms with Crippen LogP contribution in [0, 0.1) is 13.8 Å². The lowest BCUT2D eigenvalue weighted by Crippen LogP contribution is -2.36. The molecule has 0 bridgehead atoms. The van der Waals surface area contributed by atoms with Crippen LogP contribution in [0.1, 0.15) is 33.5 Å². The molecular weight excluding hydrogens is 358 g/mol. The molecule has 0 fully saturated rings. The standard InChI is InChI=1S/C20H23N5O3/c1-13-14(2)28-18(24-13)12-23-20(21-3)22-11-15-6-8-16(9-7-15)25-19(26)17-5-4-10-27-17/h4-10H,11-12H2,1-3H3,(H,25,26)(H2,21,22,23). The molecule has 0 aliphatic heterocycles. The number of hydrogen-bond donors (Lipinski definition) is 3. The number of nitrogens with zero attached hydrogens (tertiary/aromatic N) is 2. The first-order chi connectivity index (χ1) is 13.5. The first-order valence-corrected chi connectivity index (χ1v) is 8.86. The average Bonchev–Trinajstić information content (AvgIpc) is 3.34. The molecule has 3 rings (SSSR count). The number of benzene rings is 1. The van der Waals surface area contributed by atoms with Crippen LogP contribution in [0.2, 0.25) is 0 Å². The molecule has 3 N–H and O–H groups in total. The smallest absolute Gasteiger partial charge is 0.291 e. The third-order valence-electron chi connectivity index (χ3n) is 4.12. The Bertz CT molecular complexity index is 923. The first-order valence-electron chi connectivity index (χ1n) is 8.86. The fourth-order valence-electron chi connectivity index (χ4n) is 2.49. The number of aliphatic imine (C=N–C) groups is 1. The summed E-state index contributed by atoms with van der Waals surface area (Å²) in [5, 5.41) is 9.18. The Morgan fingerprint density at radius 1 is 1.11 bits per heavy atom. The van der Waals surface area contributed by atoms with Crippen LogP contribution in [0.15, 0.2) is 56.5 Å². The van der Waals surface area contributed by atoms with E-state index in [2.05, 4.69) is 25.9 Å². The number of guanidine groups is 1. The predicted molar refractivity (Wildman–Crippen MR) is 106 cm³/mol. The van der Waals surface area contributed by atoms with E-state index in [0.29, 0.717) is 30.6 Å². The van der Waals surface area contributed by atoms with Gasteiger partial charge in [-0.15, -0.1) is 0 Å². The van der Waals surface area contributed by atoms with Crippen molar-refractivity contribution in [1.82, 2.24) is 15.6 Å². The van der Waals surface area contributed by atoms with E-state index in [1.165, 1.54) is 6.26 Å². The van der Waals surface area contributed by atoms with Crippen LogP contribution in [0.25, 0.3) is 0 Å². The summed E-state index contributed by atoms with van der Waals surface area (Å²) in [7, 11) is 1.70. The fourth-order valence-corrected chi connectivity index (χ4v) is 2.49. The van der Waals surface area contributed by atoms with Gasteiger partial charge in [0.2, 0.25) is 5.89 Å². The van der Waals surface area contributed by atoms with Crippen molar-refractivity contribution < 1.29 is 13.6 Å². The van der Waals surface area contributed by atoms with Gasteiger partial charge in [0.15, 0.2) is 11.7 Å². The number of oxazole rings is 1. The molecule has 8 heteroatoms. The number of aryl methyl sites for hydroxylation is 2. The monoisotopic (exact) mass is 381 g/mol. The summed E-state index contributed by atoms with van der Waals surface area (Å²) in [5.41, 5.74) is 2.63. The van der Waals surface area contributed by atoms with Crippen LogP contribution >= 0.6 is 0 Å². The summed E-state index contributed by atoms with van der Waals surface area (Å²) < 4.78 is 10.6. The Kier molecular flexibility index (Phi) is 6.11. The molecule has 28 heavy (non-hydrogen) atoms. The van der Waals surface area contributed by atoms with E-state index in [1.54, 1.807) is 19.2 Å². The molecule has 3 aromatic rings. The van der Waals surface area contributed by atoms with Crippen LogP contribution < -0.4 is 16.0 Å². The van der Waals surface area contributed by atoms with Gasteiger partial charge in [-0.25, -0.2) is 4.98 Å². The quantitative estimate of drug-likeness (QED) is 0.448. The highest BCUT2D eigenvalue weighted by atomic mass is 16.4. The zero-order valence-corrected chi connectivity index (χ0v) is 16.1. The minimum Gasteiger partial charge on any atom is -0.459 e. The van der Waals surface area contributed by atoms with E-state index in [0.717, 1.165) is 17.0 Å². The van der Waals surface area contributed by atoms with Crippen molar-refractivity contribution in [2.24, 2.45) is 4.99 Å². The van der Waals surface area contributed by atoms with E-state index in [9.17, 15) is 4.79 Å². The first kappa shape index (κ1) is 19.2. The molecule has 8 nitrogen and oxygen atoms in total. The summed E-state index contributed by atoms with van der Waals surface area (Å²) in [4.78, 5) is 20.5. The zero-order valence-electron chi connectivity index (χ0n) is 16.1. The second-order valence-electron chi connectivity index (χ2n) is 6.16. The van der Waals surface area contributed by atoms with Gasteiger partial charge in [0.05, 0.1) is 18.5 Å². The van der Waals surface area contributed by atoms with Crippen molar-refractivity contribution in [2.45, 2.75) is 26.9 Å². The summed E-state index contributed by atoms with van der Waals surface area (Å²) in [6.45, 7) is 4.83. The molecule has 2 aromatic heterocycles. The molecular formula is C20H23N5O3.